The number of hydrogen-bond acceptors (Lipinski definition) is 5. The van der Waals surface area contributed by atoms with Gasteiger partial charge in [-0.05, 0) is 0 Å². The van der Waals surface area contributed by atoms with Gasteiger partial charge in [-0.1, -0.05) is 0 Å². The first kappa shape index (κ1) is 10.2. The Labute approximate surface area is 94.2 Å². The van der Waals surface area contributed by atoms with Crippen LogP contribution in [-0.4, -0.2) is 39.0 Å². The molecule has 8 nitrogen and oxygen atoms in total. The highest BCUT2D eigenvalue weighted by Crippen LogP contribution is 2.09. The Morgan fingerprint density at radius 1 is 1.35 bits per heavy atom. The topological polar surface area (TPSA) is 102 Å². The summed E-state index contributed by atoms with van der Waals surface area (Å²) in [4.78, 5) is 31.3. The Hall–Kier alpha value is -1.93. The molecule has 0 saturated carbocycles. The van der Waals surface area contributed by atoms with E-state index in [1.54, 1.807) is 4.57 Å². The number of aromatic nitrogens is 4. The zero-order valence-corrected chi connectivity index (χ0v) is 8.80. The summed E-state index contributed by atoms with van der Waals surface area (Å²) < 4.78 is 12.2. The summed E-state index contributed by atoms with van der Waals surface area (Å²) >= 11 is 0. The lowest BCUT2D eigenvalue weighted by molar-refractivity contribution is -0.0518. The molecule has 0 aromatic carbocycles. The number of fused-ring (bicyclic) bond motifs is 1. The monoisotopic (exact) mass is 238 g/mol. The first-order valence-corrected chi connectivity index (χ1v) is 5.15. The molecular weight excluding hydrogens is 228 g/mol. The normalized spacial score (nSPS) is 16.9. The van der Waals surface area contributed by atoms with Crippen molar-refractivity contribution in [2.75, 3.05) is 13.2 Å². The summed E-state index contributed by atoms with van der Waals surface area (Å²) in [6, 6.07) is 0. The van der Waals surface area contributed by atoms with Crippen molar-refractivity contribution in [3.8, 4) is 0 Å². The van der Waals surface area contributed by atoms with Crippen LogP contribution in [0.3, 0.4) is 0 Å². The largest absolute Gasteiger partial charge is 0.348 e. The van der Waals surface area contributed by atoms with Gasteiger partial charge < -0.3 is 14.0 Å². The van der Waals surface area contributed by atoms with Crippen LogP contribution >= 0.6 is 0 Å². The lowest BCUT2D eigenvalue weighted by Gasteiger charge is -2.09. The number of nitrogens with one attached hydrogen (secondary N) is 2. The van der Waals surface area contributed by atoms with Crippen molar-refractivity contribution in [3.63, 3.8) is 0 Å². The van der Waals surface area contributed by atoms with Crippen molar-refractivity contribution in [1.82, 2.24) is 19.5 Å². The van der Waals surface area contributed by atoms with E-state index in [1.165, 1.54) is 6.33 Å². The van der Waals surface area contributed by atoms with Gasteiger partial charge >= 0.3 is 5.69 Å². The zero-order chi connectivity index (χ0) is 11.8. The maximum Gasteiger partial charge on any atom is 0.327 e. The van der Waals surface area contributed by atoms with E-state index in [4.69, 9.17) is 9.47 Å². The number of hydrogen-bond donors (Lipinski definition) is 2. The van der Waals surface area contributed by atoms with Crippen LogP contribution in [0.25, 0.3) is 11.2 Å². The highest BCUT2D eigenvalue weighted by atomic mass is 16.7. The van der Waals surface area contributed by atoms with Crippen molar-refractivity contribution < 1.29 is 9.47 Å². The third kappa shape index (κ3) is 1.77. The van der Waals surface area contributed by atoms with Gasteiger partial charge in [0, 0.05) is 0 Å². The summed E-state index contributed by atoms with van der Waals surface area (Å²) in [5.41, 5.74) is -0.471. The maximum atomic E-state index is 11.6. The van der Waals surface area contributed by atoms with Gasteiger partial charge in [-0.2, -0.15) is 0 Å². The first-order valence-electron chi connectivity index (χ1n) is 5.15. The first-order chi connectivity index (χ1) is 8.24. The summed E-state index contributed by atoms with van der Waals surface area (Å²) in [5, 5.41) is 0. The molecule has 1 fully saturated rings. The molecule has 0 aliphatic carbocycles. The number of H-pyrrole nitrogens is 2. The van der Waals surface area contributed by atoms with Crippen LogP contribution in [0.1, 0.15) is 0 Å². The van der Waals surface area contributed by atoms with E-state index in [1.807, 2.05) is 0 Å². The van der Waals surface area contributed by atoms with Gasteiger partial charge in [0.15, 0.2) is 17.5 Å². The molecule has 0 unspecified atom stereocenters. The van der Waals surface area contributed by atoms with Crippen molar-refractivity contribution >= 4 is 11.2 Å². The van der Waals surface area contributed by atoms with Crippen LogP contribution in [0.15, 0.2) is 15.9 Å². The van der Waals surface area contributed by atoms with E-state index in [2.05, 4.69) is 15.0 Å². The summed E-state index contributed by atoms with van der Waals surface area (Å²) in [5.74, 6) is 0. The van der Waals surface area contributed by atoms with Gasteiger partial charge in [0.2, 0.25) is 0 Å². The molecule has 17 heavy (non-hydrogen) atoms. The lowest BCUT2D eigenvalue weighted by atomic mass is 10.5. The van der Waals surface area contributed by atoms with Gasteiger partial charge in [-0.3, -0.25) is 14.8 Å². The van der Waals surface area contributed by atoms with Crippen molar-refractivity contribution in [2.24, 2.45) is 0 Å². The average Bonchev–Trinajstić information content (AvgIpc) is 2.88. The molecule has 0 atom stereocenters. The summed E-state index contributed by atoms with van der Waals surface area (Å²) in [6.45, 7) is 1.46. The van der Waals surface area contributed by atoms with Crippen LogP contribution in [-0.2, 0) is 16.0 Å². The van der Waals surface area contributed by atoms with Gasteiger partial charge in [0.25, 0.3) is 5.56 Å². The molecule has 3 heterocycles. The summed E-state index contributed by atoms with van der Waals surface area (Å²) in [7, 11) is 0. The molecular formula is C9H10N4O4. The predicted molar refractivity (Wildman–Crippen MR) is 56.7 cm³/mol. The second kappa shape index (κ2) is 3.82. The second-order valence-electron chi connectivity index (χ2n) is 3.67. The fourth-order valence-corrected chi connectivity index (χ4v) is 1.82. The average molecular weight is 238 g/mol. The fraction of sp³-hybridized carbons (Fsp3) is 0.444. The molecule has 0 bridgehead atoms. The Morgan fingerprint density at radius 2 is 2.12 bits per heavy atom. The van der Waals surface area contributed by atoms with Crippen molar-refractivity contribution in [3.05, 3.63) is 27.2 Å². The third-order valence-electron chi connectivity index (χ3n) is 2.55. The van der Waals surface area contributed by atoms with Crippen LogP contribution in [0.2, 0.25) is 0 Å². The molecule has 2 aromatic heterocycles. The number of imidazole rings is 1. The molecule has 2 aromatic rings. The van der Waals surface area contributed by atoms with Crippen LogP contribution in [0, 0.1) is 0 Å². The molecule has 0 radical (unpaired) electrons. The molecule has 2 N–H and O–H groups in total. The Kier molecular flexibility index (Phi) is 2.30. The Morgan fingerprint density at radius 3 is 2.88 bits per heavy atom. The van der Waals surface area contributed by atoms with E-state index in [9.17, 15) is 9.59 Å². The van der Waals surface area contributed by atoms with Crippen molar-refractivity contribution in [2.45, 2.75) is 12.8 Å². The predicted octanol–water partition coefficient (Wildman–Crippen LogP) is -1.21. The number of aromatic amines is 2. The molecule has 0 amide bonds. The molecule has 1 aliphatic heterocycles. The second-order valence-corrected chi connectivity index (χ2v) is 3.67. The number of rotatable bonds is 2. The molecule has 90 valence electrons. The van der Waals surface area contributed by atoms with E-state index >= 15 is 0 Å². The SMILES string of the molecule is O=c1[nH]c(=O)c2c(ncn2CC2OCCO2)[nH]1. The van der Waals surface area contributed by atoms with Gasteiger partial charge in [0.05, 0.1) is 26.1 Å². The Balaban J connectivity index is 2.05. The molecule has 1 aliphatic rings. The van der Waals surface area contributed by atoms with Crippen LogP contribution < -0.4 is 11.2 Å². The smallest absolute Gasteiger partial charge is 0.327 e. The van der Waals surface area contributed by atoms with Crippen LogP contribution in [0.4, 0.5) is 0 Å². The fourth-order valence-electron chi connectivity index (χ4n) is 1.82. The van der Waals surface area contributed by atoms with E-state index in [0.717, 1.165) is 0 Å². The molecule has 0 spiro atoms. The maximum absolute atomic E-state index is 11.6. The third-order valence-corrected chi connectivity index (χ3v) is 2.55. The molecule has 8 heteroatoms. The minimum Gasteiger partial charge on any atom is -0.348 e. The number of ether oxygens (including phenoxy) is 2. The summed E-state index contributed by atoms with van der Waals surface area (Å²) in [6.07, 6.45) is 1.10. The van der Waals surface area contributed by atoms with E-state index in [0.29, 0.717) is 25.3 Å². The van der Waals surface area contributed by atoms with E-state index in [-0.39, 0.29) is 11.9 Å². The van der Waals surface area contributed by atoms with Gasteiger partial charge in [-0.15, -0.1) is 0 Å². The van der Waals surface area contributed by atoms with Crippen molar-refractivity contribution in [1.29, 1.82) is 0 Å². The van der Waals surface area contributed by atoms with Gasteiger partial charge in [0.1, 0.15) is 0 Å². The van der Waals surface area contributed by atoms with Crippen LogP contribution in [0.5, 0.6) is 0 Å². The standard InChI is InChI=1S/C9H10N4O4/c14-8-6-7(11-9(15)12-8)10-4-13(6)3-5-16-1-2-17-5/h4-5H,1-3H2,(H2,11,12,14,15). The van der Waals surface area contributed by atoms with Gasteiger partial charge in [-0.25, -0.2) is 9.78 Å². The Bertz CT molecular complexity index is 649. The molecule has 1 saturated heterocycles. The number of nitrogens with zero attached hydrogens (tertiary/aromatic N) is 2. The minimum absolute atomic E-state index is 0.261. The highest BCUT2D eigenvalue weighted by Gasteiger charge is 2.18. The minimum atomic E-state index is -0.568. The quantitative estimate of drug-likeness (QED) is 0.683. The lowest BCUT2D eigenvalue weighted by Crippen LogP contribution is -2.25. The highest BCUT2D eigenvalue weighted by molar-refractivity contribution is 5.68. The molecule has 3 rings (SSSR count). The zero-order valence-electron chi connectivity index (χ0n) is 8.80. The van der Waals surface area contributed by atoms with E-state index < -0.39 is 11.2 Å².